The third-order valence-corrected chi connectivity index (χ3v) is 5.01. The van der Waals surface area contributed by atoms with Gasteiger partial charge < -0.3 is 10.6 Å². The minimum Gasteiger partial charge on any atom is -0.370 e. The minimum atomic E-state index is -0.252. The molecule has 1 spiro atoms. The molecule has 1 atom stereocenters. The van der Waals surface area contributed by atoms with Crippen LogP contribution in [0.2, 0.25) is 0 Å². The van der Waals surface area contributed by atoms with Crippen molar-refractivity contribution in [3.05, 3.63) is 0 Å². The molecule has 20 heavy (non-hydrogen) atoms. The van der Waals surface area contributed by atoms with Crippen molar-refractivity contribution in [1.82, 2.24) is 4.90 Å². The monoisotopic (exact) mass is 280 g/mol. The van der Waals surface area contributed by atoms with Crippen LogP contribution >= 0.6 is 0 Å². The fraction of sp³-hybridized carbons (Fsp3) is 0.875. The Hall–Kier alpha value is -1.06. The number of nitrogens with two attached hydrogens (primary N) is 1. The van der Waals surface area contributed by atoms with Crippen LogP contribution in [-0.2, 0) is 9.59 Å². The Morgan fingerprint density at radius 1 is 1.30 bits per heavy atom. The summed E-state index contributed by atoms with van der Waals surface area (Å²) in [4.78, 5) is 25.8. The third-order valence-electron chi connectivity index (χ3n) is 5.01. The number of primary amides is 1. The lowest BCUT2D eigenvalue weighted by molar-refractivity contribution is -0.139. The molecule has 0 bridgehead atoms. The molecule has 0 aromatic rings. The summed E-state index contributed by atoms with van der Waals surface area (Å²) in [5.41, 5.74) is 5.14. The quantitative estimate of drug-likeness (QED) is 0.863. The number of hydrogen-bond acceptors (Lipinski definition) is 2. The second kappa shape index (κ2) is 5.38. The van der Waals surface area contributed by atoms with Crippen molar-refractivity contribution in [3.8, 4) is 0 Å². The first-order valence-corrected chi connectivity index (χ1v) is 7.89. The molecule has 2 fully saturated rings. The van der Waals surface area contributed by atoms with Gasteiger partial charge in [-0.15, -0.1) is 0 Å². The number of likely N-dealkylation sites (tertiary alicyclic amines) is 1. The highest BCUT2D eigenvalue weighted by molar-refractivity contribution is 5.81. The van der Waals surface area contributed by atoms with Crippen molar-refractivity contribution >= 4 is 11.8 Å². The fourth-order valence-electron chi connectivity index (χ4n) is 4.45. The lowest BCUT2D eigenvalue weighted by atomic mass is 9.70. The van der Waals surface area contributed by atoms with Gasteiger partial charge in [0.1, 0.15) is 0 Å². The predicted molar refractivity (Wildman–Crippen MR) is 79.0 cm³/mol. The van der Waals surface area contributed by atoms with E-state index in [1.54, 1.807) is 0 Å². The van der Waals surface area contributed by atoms with Crippen molar-refractivity contribution < 1.29 is 9.59 Å². The van der Waals surface area contributed by atoms with E-state index in [1.807, 2.05) is 0 Å². The standard InChI is InChI=1S/C16H28N2O2/c1-15(2,3)18-14(20)11-12(7-8-13(17)19)16(18)9-5-4-6-10-16/h12H,4-11H2,1-3H3,(H2,17,19). The van der Waals surface area contributed by atoms with Gasteiger partial charge in [0.15, 0.2) is 0 Å². The van der Waals surface area contributed by atoms with Crippen molar-refractivity contribution in [2.75, 3.05) is 0 Å². The summed E-state index contributed by atoms with van der Waals surface area (Å²) in [5.74, 6) is 0.300. The van der Waals surface area contributed by atoms with Crippen LogP contribution in [0.4, 0.5) is 0 Å². The molecule has 1 saturated carbocycles. The largest absolute Gasteiger partial charge is 0.370 e. The Kier molecular flexibility index (Phi) is 4.12. The molecule has 1 heterocycles. The fourth-order valence-corrected chi connectivity index (χ4v) is 4.45. The smallest absolute Gasteiger partial charge is 0.223 e. The van der Waals surface area contributed by atoms with Crippen molar-refractivity contribution in [1.29, 1.82) is 0 Å². The van der Waals surface area contributed by atoms with E-state index < -0.39 is 0 Å². The Balaban J connectivity index is 2.28. The summed E-state index contributed by atoms with van der Waals surface area (Å²) in [6, 6.07) is 0. The number of amides is 2. The Bertz CT molecular complexity index is 392. The molecule has 4 nitrogen and oxygen atoms in total. The highest BCUT2D eigenvalue weighted by atomic mass is 16.2. The van der Waals surface area contributed by atoms with Crippen molar-refractivity contribution in [2.45, 2.75) is 83.2 Å². The van der Waals surface area contributed by atoms with E-state index >= 15 is 0 Å². The predicted octanol–water partition coefficient (Wildman–Crippen LogP) is 2.60. The Labute approximate surface area is 122 Å². The zero-order valence-electron chi connectivity index (χ0n) is 13.1. The first-order valence-electron chi connectivity index (χ1n) is 7.89. The average molecular weight is 280 g/mol. The topological polar surface area (TPSA) is 63.4 Å². The lowest BCUT2D eigenvalue weighted by Crippen LogP contribution is -2.58. The number of hydrogen-bond donors (Lipinski definition) is 1. The van der Waals surface area contributed by atoms with Gasteiger partial charge in [-0.3, -0.25) is 9.59 Å². The maximum absolute atomic E-state index is 12.6. The van der Waals surface area contributed by atoms with Gasteiger partial charge in [-0.1, -0.05) is 19.3 Å². The van der Waals surface area contributed by atoms with Gasteiger partial charge in [-0.2, -0.15) is 0 Å². The molecule has 4 heteroatoms. The van der Waals surface area contributed by atoms with Gasteiger partial charge >= 0.3 is 0 Å². The van der Waals surface area contributed by atoms with Crippen LogP contribution in [0.15, 0.2) is 0 Å². The molecule has 2 aliphatic rings. The van der Waals surface area contributed by atoms with Gasteiger partial charge in [-0.05, 0) is 46.0 Å². The summed E-state index contributed by atoms with van der Waals surface area (Å²) < 4.78 is 0. The first kappa shape index (κ1) is 15.3. The SMILES string of the molecule is CC(C)(C)N1C(=O)CC(CCC(N)=O)C12CCCCC2. The maximum Gasteiger partial charge on any atom is 0.223 e. The molecule has 2 amide bonds. The van der Waals surface area contributed by atoms with Crippen molar-refractivity contribution in [3.63, 3.8) is 0 Å². The summed E-state index contributed by atoms with van der Waals surface area (Å²) in [6.45, 7) is 6.37. The highest BCUT2D eigenvalue weighted by Gasteiger charge is 2.55. The van der Waals surface area contributed by atoms with E-state index in [4.69, 9.17) is 5.73 Å². The molecule has 0 radical (unpaired) electrons. The summed E-state index contributed by atoms with van der Waals surface area (Å²) in [6.07, 6.45) is 7.55. The van der Waals surface area contributed by atoms with Crippen LogP contribution in [0.1, 0.15) is 72.1 Å². The number of carbonyl (C=O) groups excluding carboxylic acids is 2. The summed E-state index contributed by atoms with van der Waals surface area (Å²) >= 11 is 0. The van der Waals surface area contributed by atoms with Crippen LogP contribution in [0, 0.1) is 5.92 Å². The lowest BCUT2D eigenvalue weighted by Gasteiger charge is -2.51. The second-order valence-corrected chi connectivity index (χ2v) is 7.47. The van der Waals surface area contributed by atoms with Crippen LogP contribution < -0.4 is 5.73 Å². The van der Waals surface area contributed by atoms with E-state index in [2.05, 4.69) is 25.7 Å². The molecule has 1 aliphatic heterocycles. The van der Waals surface area contributed by atoms with Crippen LogP contribution in [0.3, 0.4) is 0 Å². The molecule has 2 rings (SSSR count). The maximum atomic E-state index is 12.6. The summed E-state index contributed by atoms with van der Waals surface area (Å²) in [5, 5.41) is 0. The number of carbonyl (C=O) groups is 2. The second-order valence-electron chi connectivity index (χ2n) is 7.47. The summed E-state index contributed by atoms with van der Waals surface area (Å²) in [7, 11) is 0. The normalized spacial score (nSPS) is 26.2. The van der Waals surface area contributed by atoms with Gasteiger partial charge in [0.25, 0.3) is 0 Å². The van der Waals surface area contributed by atoms with E-state index in [-0.39, 0.29) is 22.9 Å². The van der Waals surface area contributed by atoms with Gasteiger partial charge in [-0.25, -0.2) is 0 Å². The van der Waals surface area contributed by atoms with E-state index in [0.717, 1.165) is 19.3 Å². The van der Waals surface area contributed by atoms with Crippen LogP contribution in [0.25, 0.3) is 0 Å². The van der Waals surface area contributed by atoms with E-state index in [0.29, 0.717) is 18.8 Å². The average Bonchev–Trinajstić information content (AvgIpc) is 2.59. The molecular formula is C16H28N2O2. The van der Waals surface area contributed by atoms with Gasteiger partial charge in [0.05, 0.1) is 0 Å². The zero-order chi connectivity index (χ0) is 15.0. The van der Waals surface area contributed by atoms with Gasteiger partial charge in [0, 0.05) is 23.9 Å². The molecule has 1 saturated heterocycles. The minimum absolute atomic E-state index is 0.0248. The molecule has 0 aromatic carbocycles. The Morgan fingerprint density at radius 2 is 1.90 bits per heavy atom. The van der Waals surface area contributed by atoms with Gasteiger partial charge in [0.2, 0.25) is 11.8 Å². The molecule has 1 aliphatic carbocycles. The molecule has 2 N–H and O–H groups in total. The zero-order valence-corrected chi connectivity index (χ0v) is 13.1. The highest BCUT2D eigenvalue weighted by Crippen LogP contribution is 2.50. The number of rotatable bonds is 3. The first-order chi connectivity index (χ1) is 9.27. The van der Waals surface area contributed by atoms with Crippen molar-refractivity contribution in [2.24, 2.45) is 11.7 Å². The van der Waals surface area contributed by atoms with E-state index in [9.17, 15) is 9.59 Å². The molecule has 114 valence electrons. The van der Waals surface area contributed by atoms with Crippen LogP contribution in [0.5, 0.6) is 0 Å². The number of nitrogens with zero attached hydrogens (tertiary/aromatic N) is 1. The van der Waals surface area contributed by atoms with E-state index in [1.165, 1.54) is 19.3 Å². The molecule has 1 unspecified atom stereocenters. The van der Waals surface area contributed by atoms with Crippen LogP contribution in [-0.4, -0.2) is 27.8 Å². The Morgan fingerprint density at radius 3 is 2.40 bits per heavy atom. The third kappa shape index (κ3) is 2.70. The molecular weight excluding hydrogens is 252 g/mol. The molecule has 0 aromatic heterocycles.